The Morgan fingerprint density at radius 2 is 2.00 bits per heavy atom. The molecule has 9 heteroatoms. The van der Waals surface area contributed by atoms with Crippen LogP contribution in [0, 0.1) is 6.92 Å². The van der Waals surface area contributed by atoms with E-state index < -0.39 is 10.0 Å². The normalized spacial score (nSPS) is 13.0. The number of aryl methyl sites for hydroxylation is 1. The molecule has 0 saturated heterocycles. The van der Waals surface area contributed by atoms with E-state index in [1.54, 1.807) is 11.3 Å². The maximum atomic E-state index is 12.3. The number of hydrogen-bond acceptors (Lipinski definition) is 4. The molecule has 1 aromatic heterocycles. The fourth-order valence-corrected chi connectivity index (χ4v) is 4.48. The van der Waals surface area contributed by atoms with Gasteiger partial charge in [-0.3, -0.25) is 4.79 Å². The summed E-state index contributed by atoms with van der Waals surface area (Å²) in [5.74, 6) is -0.224. The third-order valence-electron chi connectivity index (χ3n) is 3.88. The third kappa shape index (κ3) is 5.05. The fraction of sp³-hybridized carbons (Fsp3) is 0.353. The van der Waals surface area contributed by atoms with Crippen molar-refractivity contribution in [2.75, 3.05) is 33.0 Å². The first-order valence-corrected chi connectivity index (χ1v) is 10.7. The number of anilines is 1. The highest BCUT2D eigenvalue weighted by atomic mass is 35.5. The number of carbonyl (C=O) groups excluding carboxylic acids is 1. The lowest BCUT2D eigenvalue weighted by Gasteiger charge is -2.15. The number of halogens is 1. The maximum Gasteiger partial charge on any atom is 0.279 e. The summed E-state index contributed by atoms with van der Waals surface area (Å²) in [6.45, 7) is 3.05. The van der Waals surface area contributed by atoms with Crippen molar-refractivity contribution in [3.8, 4) is 0 Å². The molecule has 6 nitrogen and oxygen atoms in total. The van der Waals surface area contributed by atoms with E-state index in [-0.39, 0.29) is 17.3 Å². The summed E-state index contributed by atoms with van der Waals surface area (Å²) in [7, 11) is 1.25. The van der Waals surface area contributed by atoms with Crippen LogP contribution in [0.15, 0.2) is 34.5 Å². The average Bonchev–Trinajstić information content (AvgIpc) is 2.93. The zero-order valence-corrected chi connectivity index (χ0v) is 17.6. The van der Waals surface area contributed by atoms with Crippen LogP contribution in [0.4, 0.5) is 5.69 Å². The molecule has 0 aliphatic heterocycles. The molecule has 1 unspecified atom stereocenters. The van der Waals surface area contributed by atoms with E-state index in [9.17, 15) is 13.2 Å². The molecule has 0 aliphatic rings. The second kappa shape index (κ2) is 8.49. The third-order valence-corrected chi connectivity index (χ3v) is 7.05. The maximum absolute atomic E-state index is 12.3. The minimum absolute atomic E-state index is 0.0807. The topological polar surface area (TPSA) is 70.9 Å². The second-order valence-electron chi connectivity index (χ2n) is 6.31. The van der Waals surface area contributed by atoms with Gasteiger partial charge in [0.25, 0.3) is 5.91 Å². The van der Waals surface area contributed by atoms with E-state index in [2.05, 4.69) is 18.3 Å². The summed E-state index contributed by atoms with van der Waals surface area (Å²) >= 11 is 7.79. The van der Waals surface area contributed by atoms with Crippen LogP contribution < -0.4 is 10.2 Å². The summed E-state index contributed by atoms with van der Waals surface area (Å²) in [6.07, 6.45) is 0. The van der Waals surface area contributed by atoms with Gasteiger partial charge in [0.2, 0.25) is 10.0 Å². The number of likely N-dealkylation sites (N-methyl/N-ethyl adjacent to an activating group) is 1. The van der Waals surface area contributed by atoms with Crippen molar-refractivity contribution in [2.24, 2.45) is 0 Å². The van der Waals surface area contributed by atoms with Gasteiger partial charge in [0, 0.05) is 14.1 Å². The molecule has 2 N–H and O–H groups in total. The summed E-state index contributed by atoms with van der Waals surface area (Å²) < 4.78 is 25.6. The van der Waals surface area contributed by atoms with Crippen molar-refractivity contribution in [2.45, 2.75) is 18.4 Å². The first kappa shape index (κ1) is 20.9. The van der Waals surface area contributed by atoms with E-state index in [4.69, 9.17) is 11.6 Å². The van der Waals surface area contributed by atoms with Crippen molar-refractivity contribution in [3.05, 3.63) is 45.1 Å². The average molecular weight is 417 g/mol. The lowest BCUT2D eigenvalue weighted by Crippen LogP contribution is -3.08. The van der Waals surface area contributed by atoms with Crippen LogP contribution >= 0.6 is 22.9 Å². The minimum atomic E-state index is -3.59. The molecule has 26 heavy (non-hydrogen) atoms. The number of nitrogens with zero attached hydrogens (tertiary/aromatic N) is 1. The van der Waals surface area contributed by atoms with Crippen molar-refractivity contribution in [3.63, 3.8) is 0 Å². The second-order valence-corrected chi connectivity index (χ2v) is 9.87. The quantitative estimate of drug-likeness (QED) is 0.720. The molecule has 2 rings (SSSR count). The lowest BCUT2D eigenvalue weighted by molar-refractivity contribution is -0.884. The fourth-order valence-electron chi connectivity index (χ4n) is 2.36. The van der Waals surface area contributed by atoms with Crippen molar-refractivity contribution in [1.29, 1.82) is 0 Å². The van der Waals surface area contributed by atoms with E-state index in [0.717, 1.165) is 15.7 Å². The molecular weight excluding hydrogens is 394 g/mol. The molecule has 0 aliphatic carbocycles. The van der Waals surface area contributed by atoms with Gasteiger partial charge in [-0.2, -0.15) is 0 Å². The number of quaternary nitrogens is 1. The van der Waals surface area contributed by atoms with Gasteiger partial charge < -0.3 is 10.2 Å². The number of thiophene rings is 1. The molecule has 0 spiro atoms. The number of nitrogens with one attached hydrogen (secondary N) is 2. The van der Waals surface area contributed by atoms with Crippen LogP contribution in [0.5, 0.6) is 0 Å². The van der Waals surface area contributed by atoms with Crippen LogP contribution in [0.3, 0.4) is 0 Å². The molecule has 0 bridgehead atoms. The highest BCUT2D eigenvalue weighted by molar-refractivity contribution is 7.89. The Kier molecular flexibility index (Phi) is 6.81. The van der Waals surface area contributed by atoms with Crippen molar-refractivity contribution in [1.82, 2.24) is 4.31 Å². The SMILES string of the molecule is Cc1ccsc1C[NH+](C)CC(=O)Nc1cc(S(=O)(=O)N(C)C)ccc1Cl. The van der Waals surface area contributed by atoms with Crippen molar-refractivity contribution < 1.29 is 18.1 Å². The molecule has 0 saturated carbocycles. The van der Waals surface area contributed by atoms with Gasteiger partial charge in [-0.15, -0.1) is 11.3 Å². The number of rotatable bonds is 7. The van der Waals surface area contributed by atoms with Crippen LogP contribution in [-0.2, 0) is 21.4 Å². The predicted octanol–water partition coefficient (Wildman–Crippen LogP) is 1.61. The molecular formula is C17H23ClN3O3S2+. The Hall–Kier alpha value is -1.45. The standard InChI is InChI=1S/C17H22ClN3O3S2/c1-12-7-8-25-16(12)10-21(4)11-17(22)19-15-9-13(5-6-14(15)18)26(23,24)20(2)3/h5-9H,10-11H2,1-4H3,(H,19,22)/p+1. The van der Waals surface area contributed by atoms with E-state index in [1.165, 1.54) is 42.7 Å². The molecule has 142 valence electrons. The molecule has 2 aromatic rings. The lowest BCUT2D eigenvalue weighted by atomic mass is 10.3. The van der Waals surface area contributed by atoms with Gasteiger partial charge in [-0.25, -0.2) is 12.7 Å². The number of sulfonamides is 1. The summed E-state index contributed by atoms with van der Waals surface area (Å²) in [5, 5.41) is 5.05. The Labute approximate surface area is 163 Å². The van der Waals surface area contributed by atoms with Crippen LogP contribution in [0.2, 0.25) is 5.02 Å². The predicted molar refractivity (Wildman–Crippen MR) is 105 cm³/mol. The number of hydrogen-bond donors (Lipinski definition) is 2. The van der Waals surface area contributed by atoms with Gasteiger partial charge >= 0.3 is 0 Å². The Morgan fingerprint density at radius 3 is 2.58 bits per heavy atom. The monoisotopic (exact) mass is 416 g/mol. The van der Waals surface area contributed by atoms with Crippen molar-refractivity contribution >= 4 is 44.6 Å². The molecule has 1 atom stereocenters. The first-order valence-electron chi connectivity index (χ1n) is 7.97. The zero-order chi connectivity index (χ0) is 19.5. The number of amides is 1. The summed E-state index contributed by atoms with van der Waals surface area (Å²) in [5.41, 5.74) is 1.51. The zero-order valence-electron chi connectivity index (χ0n) is 15.2. The number of carbonyl (C=O) groups is 1. The first-order chi connectivity index (χ1) is 12.1. The molecule has 0 fully saturated rings. The van der Waals surface area contributed by atoms with Gasteiger partial charge in [-0.05, 0) is 42.1 Å². The largest absolute Gasteiger partial charge is 0.325 e. The number of benzene rings is 1. The van der Waals surface area contributed by atoms with E-state index >= 15 is 0 Å². The Balaban J connectivity index is 2.08. The van der Waals surface area contributed by atoms with Crippen LogP contribution in [0.25, 0.3) is 0 Å². The van der Waals surface area contributed by atoms with Gasteiger partial charge in [0.15, 0.2) is 6.54 Å². The van der Waals surface area contributed by atoms with Gasteiger partial charge in [0.05, 0.1) is 27.5 Å². The highest BCUT2D eigenvalue weighted by Gasteiger charge is 2.20. The van der Waals surface area contributed by atoms with Crippen LogP contribution in [0.1, 0.15) is 10.4 Å². The van der Waals surface area contributed by atoms with E-state index in [0.29, 0.717) is 10.7 Å². The van der Waals surface area contributed by atoms with E-state index in [1.807, 2.05) is 12.4 Å². The molecule has 1 aromatic carbocycles. The minimum Gasteiger partial charge on any atom is -0.325 e. The molecule has 1 heterocycles. The highest BCUT2D eigenvalue weighted by Crippen LogP contribution is 2.26. The summed E-state index contributed by atoms with van der Waals surface area (Å²) in [4.78, 5) is 14.7. The van der Waals surface area contributed by atoms with Gasteiger partial charge in [-0.1, -0.05) is 11.6 Å². The Morgan fingerprint density at radius 1 is 1.31 bits per heavy atom. The Bertz CT molecular complexity index is 894. The van der Waals surface area contributed by atoms with Gasteiger partial charge in [0.1, 0.15) is 6.54 Å². The smallest absolute Gasteiger partial charge is 0.279 e. The van der Waals surface area contributed by atoms with Crippen LogP contribution in [-0.4, -0.2) is 46.3 Å². The molecule has 0 radical (unpaired) electrons. The summed E-state index contributed by atoms with van der Waals surface area (Å²) in [6, 6.07) is 6.33. The molecule has 1 amide bonds.